The molecule has 2 rings (SSSR count). The molecule has 0 spiro atoms. The second-order valence-corrected chi connectivity index (χ2v) is 5.23. The lowest BCUT2D eigenvalue weighted by molar-refractivity contribution is 0.191. The molecule has 0 saturated heterocycles. The van der Waals surface area contributed by atoms with Gasteiger partial charge in [0, 0.05) is 28.9 Å². The minimum atomic E-state index is -0.550. The fourth-order valence-electron chi connectivity index (χ4n) is 1.80. The number of pyridine rings is 1. The van der Waals surface area contributed by atoms with Crippen LogP contribution in [0.4, 0.5) is 0 Å². The Balaban J connectivity index is 2.00. The van der Waals surface area contributed by atoms with Crippen molar-refractivity contribution in [3.05, 3.63) is 58.3 Å². The van der Waals surface area contributed by atoms with Gasteiger partial charge >= 0.3 is 0 Å². The maximum Gasteiger partial charge on any atom is 0.125 e. The van der Waals surface area contributed by atoms with Gasteiger partial charge < -0.3 is 9.84 Å². The van der Waals surface area contributed by atoms with Crippen LogP contribution in [0.5, 0.6) is 5.75 Å². The first-order chi connectivity index (χ1) is 9.16. The van der Waals surface area contributed by atoms with Crippen LogP contribution in [-0.4, -0.2) is 16.7 Å². The first kappa shape index (κ1) is 14.0. The molecule has 19 heavy (non-hydrogen) atoms. The Morgan fingerprint density at radius 2 is 2.21 bits per heavy atom. The van der Waals surface area contributed by atoms with Crippen molar-refractivity contribution >= 4 is 15.9 Å². The summed E-state index contributed by atoms with van der Waals surface area (Å²) in [5, 5.41) is 9.73. The SMILES string of the molecule is C[C@@H](O)c1cc(Br)ccc1OCCc1cccnc1. The second-order valence-electron chi connectivity index (χ2n) is 4.32. The molecule has 0 fully saturated rings. The van der Waals surface area contributed by atoms with Crippen molar-refractivity contribution in [2.75, 3.05) is 6.61 Å². The molecule has 0 aliphatic carbocycles. The van der Waals surface area contributed by atoms with Crippen LogP contribution in [0, 0.1) is 0 Å². The van der Waals surface area contributed by atoms with Gasteiger partial charge in [-0.1, -0.05) is 22.0 Å². The monoisotopic (exact) mass is 321 g/mol. The zero-order chi connectivity index (χ0) is 13.7. The molecular formula is C15H16BrNO2. The maximum atomic E-state index is 9.73. The topological polar surface area (TPSA) is 42.4 Å². The largest absolute Gasteiger partial charge is 0.493 e. The van der Waals surface area contributed by atoms with Gasteiger partial charge in [-0.05, 0) is 36.8 Å². The fourth-order valence-corrected chi connectivity index (χ4v) is 2.18. The van der Waals surface area contributed by atoms with Gasteiger partial charge in [0.25, 0.3) is 0 Å². The summed E-state index contributed by atoms with van der Waals surface area (Å²) in [6, 6.07) is 9.59. The van der Waals surface area contributed by atoms with E-state index in [4.69, 9.17) is 4.74 Å². The van der Waals surface area contributed by atoms with Crippen LogP contribution in [0.1, 0.15) is 24.2 Å². The Hall–Kier alpha value is -1.39. The lowest BCUT2D eigenvalue weighted by Crippen LogP contribution is -2.05. The van der Waals surface area contributed by atoms with Crippen molar-refractivity contribution in [2.24, 2.45) is 0 Å². The van der Waals surface area contributed by atoms with E-state index in [1.165, 1.54) is 0 Å². The number of halogens is 1. The Labute approximate surface area is 121 Å². The number of nitrogens with zero attached hydrogens (tertiary/aromatic N) is 1. The highest BCUT2D eigenvalue weighted by atomic mass is 79.9. The number of hydrogen-bond donors (Lipinski definition) is 1. The normalized spacial score (nSPS) is 12.2. The molecule has 1 aromatic carbocycles. The number of aromatic nitrogens is 1. The molecule has 1 heterocycles. The highest BCUT2D eigenvalue weighted by Gasteiger charge is 2.09. The lowest BCUT2D eigenvalue weighted by atomic mass is 10.1. The highest BCUT2D eigenvalue weighted by Crippen LogP contribution is 2.28. The number of hydrogen-bond acceptors (Lipinski definition) is 3. The van der Waals surface area contributed by atoms with E-state index in [1.54, 1.807) is 13.1 Å². The maximum absolute atomic E-state index is 9.73. The van der Waals surface area contributed by atoms with Gasteiger partial charge in [0.15, 0.2) is 0 Å². The molecular weight excluding hydrogens is 306 g/mol. The first-order valence-corrected chi connectivity index (χ1v) is 6.95. The van der Waals surface area contributed by atoms with Crippen molar-refractivity contribution in [2.45, 2.75) is 19.4 Å². The molecule has 0 aliphatic heterocycles. The summed E-state index contributed by atoms with van der Waals surface area (Å²) in [5.74, 6) is 0.724. The summed E-state index contributed by atoms with van der Waals surface area (Å²) in [5.41, 5.74) is 1.93. The van der Waals surface area contributed by atoms with Gasteiger partial charge in [-0.25, -0.2) is 0 Å². The van der Waals surface area contributed by atoms with Gasteiger partial charge in [0.1, 0.15) is 5.75 Å². The Morgan fingerprint density at radius 1 is 1.37 bits per heavy atom. The van der Waals surface area contributed by atoms with E-state index in [0.29, 0.717) is 6.61 Å². The Kier molecular flexibility index (Phi) is 4.93. The van der Waals surface area contributed by atoms with Crippen LogP contribution >= 0.6 is 15.9 Å². The minimum Gasteiger partial charge on any atom is -0.493 e. The zero-order valence-corrected chi connectivity index (χ0v) is 12.3. The van der Waals surface area contributed by atoms with Gasteiger partial charge in [-0.3, -0.25) is 4.98 Å². The molecule has 0 radical (unpaired) electrons. The minimum absolute atomic E-state index is 0.550. The van der Waals surface area contributed by atoms with Gasteiger partial charge in [-0.2, -0.15) is 0 Å². The van der Waals surface area contributed by atoms with Crippen molar-refractivity contribution in [3.8, 4) is 5.75 Å². The van der Waals surface area contributed by atoms with Crippen LogP contribution in [-0.2, 0) is 6.42 Å². The molecule has 1 N–H and O–H groups in total. The molecule has 1 atom stereocenters. The van der Waals surface area contributed by atoms with Crippen LogP contribution in [0.15, 0.2) is 47.2 Å². The molecule has 0 bridgehead atoms. The van der Waals surface area contributed by atoms with E-state index in [-0.39, 0.29) is 0 Å². The predicted octanol–water partition coefficient (Wildman–Crippen LogP) is 3.52. The molecule has 3 nitrogen and oxygen atoms in total. The van der Waals surface area contributed by atoms with Crippen molar-refractivity contribution in [1.82, 2.24) is 4.98 Å². The number of ether oxygens (including phenoxy) is 1. The molecule has 0 aliphatic rings. The summed E-state index contributed by atoms with van der Waals surface area (Å²) in [7, 11) is 0. The first-order valence-electron chi connectivity index (χ1n) is 6.16. The molecule has 1 aromatic heterocycles. The van der Waals surface area contributed by atoms with E-state index in [9.17, 15) is 5.11 Å². The summed E-state index contributed by atoms with van der Waals surface area (Å²) in [6.07, 6.45) is 3.83. The summed E-state index contributed by atoms with van der Waals surface area (Å²) >= 11 is 3.39. The van der Waals surface area contributed by atoms with Crippen LogP contribution < -0.4 is 4.74 Å². The summed E-state index contributed by atoms with van der Waals surface area (Å²) < 4.78 is 6.68. The van der Waals surface area contributed by atoms with Crippen LogP contribution in [0.3, 0.4) is 0 Å². The second kappa shape index (κ2) is 6.68. The quantitative estimate of drug-likeness (QED) is 0.916. The third-order valence-corrected chi connectivity index (χ3v) is 3.29. The van der Waals surface area contributed by atoms with Gasteiger partial charge in [0.05, 0.1) is 12.7 Å². The molecule has 0 amide bonds. The number of benzene rings is 1. The molecule has 4 heteroatoms. The van der Waals surface area contributed by atoms with Gasteiger partial charge in [-0.15, -0.1) is 0 Å². The molecule has 0 saturated carbocycles. The fraction of sp³-hybridized carbons (Fsp3) is 0.267. The van der Waals surface area contributed by atoms with Crippen LogP contribution in [0.25, 0.3) is 0 Å². The van der Waals surface area contributed by atoms with E-state index in [1.807, 2.05) is 36.5 Å². The standard InChI is InChI=1S/C15H16BrNO2/c1-11(18)14-9-13(16)4-5-15(14)19-8-6-12-3-2-7-17-10-12/h2-5,7,9-11,18H,6,8H2,1H3/t11-/m1/s1. The molecule has 2 aromatic rings. The highest BCUT2D eigenvalue weighted by molar-refractivity contribution is 9.10. The number of aliphatic hydroxyl groups excluding tert-OH is 1. The Morgan fingerprint density at radius 3 is 2.89 bits per heavy atom. The van der Waals surface area contributed by atoms with E-state index >= 15 is 0 Å². The third kappa shape index (κ3) is 4.04. The summed E-state index contributed by atoms with van der Waals surface area (Å²) in [6.45, 7) is 2.29. The number of rotatable bonds is 5. The van der Waals surface area contributed by atoms with Gasteiger partial charge in [0.2, 0.25) is 0 Å². The third-order valence-electron chi connectivity index (χ3n) is 2.79. The molecule has 100 valence electrons. The Bertz CT molecular complexity index is 529. The predicted molar refractivity (Wildman–Crippen MR) is 78.2 cm³/mol. The van der Waals surface area contributed by atoms with Crippen LogP contribution in [0.2, 0.25) is 0 Å². The summed E-state index contributed by atoms with van der Waals surface area (Å²) in [4.78, 5) is 4.07. The smallest absolute Gasteiger partial charge is 0.125 e. The average Bonchev–Trinajstić information content (AvgIpc) is 2.41. The zero-order valence-electron chi connectivity index (χ0n) is 10.7. The van der Waals surface area contributed by atoms with E-state index in [2.05, 4.69) is 20.9 Å². The van der Waals surface area contributed by atoms with Crippen molar-refractivity contribution in [3.63, 3.8) is 0 Å². The van der Waals surface area contributed by atoms with E-state index < -0.39 is 6.10 Å². The number of aliphatic hydroxyl groups is 1. The van der Waals surface area contributed by atoms with Crippen molar-refractivity contribution < 1.29 is 9.84 Å². The van der Waals surface area contributed by atoms with Crippen molar-refractivity contribution in [1.29, 1.82) is 0 Å². The molecule has 0 unspecified atom stereocenters. The average molecular weight is 322 g/mol. The van der Waals surface area contributed by atoms with E-state index in [0.717, 1.165) is 27.8 Å². The lowest BCUT2D eigenvalue weighted by Gasteiger charge is -2.13.